The fourth-order valence-corrected chi connectivity index (χ4v) is 2.01. The second kappa shape index (κ2) is 8.06. The van der Waals surface area contributed by atoms with Crippen LogP contribution in [0.15, 0.2) is 58.7 Å². The van der Waals surface area contributed by atoms with Gasteiger partial charge < -0.3 is 0 Å². The Morgan fingerprint density at radius 2 is 1.04 bits per heavy atom. The monoisotopic (exact) mass is 322 g/mol. The van der Waals surface area contributed by atoms with Crippen LogP contribution in [0.5, 0.6) is 0 Å². The lowest BCUT2D eigenvalue weighted by atomic mass is 10.1. The van der Waals surface area contributed by atoms with E-state index in [1.165, 1.54) is 11.1 Å². The summed E-state index contributed by atoms with van der Waals surface area (Å²) in [6.45, 7) is 7.73. The zero-order valence-electron chi connectivity index (χ0n) is 14.4. The topological polar surface area (TPSA) is 65.8 Å². The number of aryl methyl sites for hydroxylation is 2. The summed E-state index contributed by atoms with van der Waals surface area (Å²) in [6, 6.07) is 15.4. The van der Waals surface area contributed by atoms with Gasteiger partial charge in [-0.05, 0) is 38.8 Å². The van der Waals surface area contributed by atoms with Crippen molar-refractivity contribution in [3.05, 3.63) is 70.8 Å². The first-order chi connectivity index (χ1) is 11.5. The zero-order chi connectivity index (χ0) is 17.5. The van der Waals surface area contributed by atoms with E-state index in [0.717, 1.165) is 22.6 Å². The quantitative estimate of drug-likeness (QED) is 0.653. The molecule has 0 aromatic heterocycles. The summed E-state index contributed by atoms with van der Waals surface area (Å²) in [4.78, 5) is 11.8. The van der Waals surface area contributed by atoms with E-state index in [1.54, 1.807) is 0 Å². The van der Waals surface area contributed by atoms with E-state index in [9.17, 15) is 4.79 Å². The van der Waals surface area contributed by atoms with E-state index < -0.39 is 6.03 Å². The lowest BCUT2D eigenvalue weighted by molar-refractivity contribution is 0.242. The maximum atomic E-state index is 11.8. The first-order valence-electron chi connectivity index (χ1n) is 7.74. The highest BCUT2D eigenvalue weighted by Crippen LogP contribution is 2.05. The normalized spacial score (nSPS) is 12.0. The third kappa shape index (κ3) is 5.05. The molecule has 2 amide bonds. The van der Waals surface area contributed by atoms with Gasteiger partial charge in [0, 0.05) is 0 Å². The van der Waals surface area contributed by atoms with E-state index in [-0.39, 0.29) is 0 Å². The van der Waals surface area contributed by atoms with Crippen LogP contribution in [0.25, 0.3) is 0 Å². The number of hydrogen-bond donors (Lipinski definition) is 2. The first-order valence-corrected chi connectivity index (χ1v) is 7.74. The first kappa shape index (κ1) is 17.4. The van der Waals surface area contributed by atoms with Crippen LogP contribution in [0.2, 0.25) is 0 Å². The summed E-state index contributed by atoms with van der Waals surface area (Å²) < 4.78 is 0. The number of hydrazone groups is 2. The molecule has 0 saturated carbocycles. The van der Waals surface area contributed by atoms with Gasteiger partial charge >= 0.3 is 6.03 Å². The molecule has 124 valence electrons. The van der Waals surface area contributed by atoms with Crippen LogP contribution in [-0.2, 0) is 0 Å². The average molecular weight is 322 g/mol. The SMILES string of the molecule is C/C(=N/NC(=O)N/N=C(/C)c1ccc(C)cc1)c1ccc(C)cc1. The van der Waals surface area contributed by atoms with Gasteiger partial charge in [-0.15, -0.1) is 0 Å². The van der Waals surface area contributed by atoms with Crippen molar-refractivity contribution >= 4 is 17.5 Å². The third-order valence-electron chi connectivity index (χ3n) is 3.59. The number of carbonyl (C=O) groups excluding carboxylic acids is 1. The number of nitrogens with zero attached hydrogens (tertiary/aromatic N) is 2. The Bertz CT molecular complexity index is 693. The molecule has 2 N–H and O–H groups in total. The lowest BCUT2D eigenvalue weighted by Crippen LogP contribution is -2.30. The number of hydrogen-bond acceptors (Lipinski definition) is 3. The summed E-state index contributed by atoms with van der Waals surface area (Å²) in [5, 5.41) is 8.14. The van der Waals surface area contributed by atoms with Gasteiger partial charge in [0.05, 0.1) is 11.4 Å². The zero-order valence-corrected chi connectivity index (χ0v) is 14.4. The van der Waals surface area contributed by atoms with Crippen molar-refractivity contribution in [2.24, 2.45) is 10.2 Å². The molecule has 0 heterocycles. The van der Waals surface area contributed by atoms with E-state index in [1.807, 2.05) is 76.2 Å². The predicted octanol–water partition coefficient (Wildman–Crippen LogP) is 3.75. The van der Waals surface area contributed by atoms with Crippen molar-refractivity contribution in [2.45, 2.75) is 27.7 Å². The van der Waals surface area contributed by atoms with Crippen molar-refractivity contribution in [3.8, 4) is 0 Å². The molecule has 5 nitrogen and oxygen atoms in total. The summed E-state index contributed by atoms with van der Waals surface area (Å²) >= 11 is 0. The van der Waals surface area contributed by atoms with Gasteiger partial charge in [0.2, 0.25) is 0 Å². The fourth-order valence-electron chi connectivity index (χ4n) is 2.01. The molecule has 2 aromatic carbocycles. The van der Waals surface area contributed by atoms with Crippen molar-refractivity contribution in [1.82, 2.24) is 10.9 Å². The van der Waals surface area contributed by atoms with Crippen LogP contribution in [0, 0.1) is 13.8 Å². The maximum Gasteiger partial charge on any atom is 0.355 e. The Balaban J connectivity index is 1.92. The molecule has 5 heteroatoms. The Hall–Kier alpha value is -2.95. The summed E-state index contributed by atoms with van der Waals surface area (Å²) in [7, 11) is 0. The lowest BCUT2D eigenvalue weighted by Gasteiger charge is -2.04. The standard InChI is InChI=1S/C19H22N4O/c1-13-5-9-17(10-6-13)15(3)20-22-19(24)23-21-16(4)18-11-7-14(2)8-12-18/h5-12H,1-4H3,(H2,22,23,24)/b20-15-,21-16-. The average Bonchev–Trinajstić information content (AvgIpc) is 2.58. The van der Waals surface area contributed by atoms with Crippen LogP contribution in [0.3, 0.4) is 0 Å². The summed E-state index contributed by atoms with van der Waals surface area (Å²) in [6.07, 6.45) is 0. The molecule has 0 spiro atoms. The highest BCUT2D eigenvalue weighted by atomic mass is 16.2. The Morgan fingerprint density at radius 3 is 1.38 bits per heavy atom. The number of benzene rings is 2. The van der Waals surface area contributed by atoms with Crippen LogP contribution >= 0.6 is 0 Å². The molecule has 0 aliphatic carbocycles. The van der Waals surface area contributed by atoms with Crippen molar-refractivity contribution in [3.63, 3.8) is 0 Å². The van der Waals surface area contributed by atoms with Crippen LogP contribution in [-0.4, -0.2) is 17.5 Å². The van der Waals surface area contributed by atoms with E-state index in [4.69, 9.17) is 0 Å². The van der Waals surface area contributed by atoms with E-state index >= 15 is 0 Å². The largest absolute Gasteiger partial charge is 0.355 e. The molecule has 0 saturated heterocycles. The predicted molar refractivity (Wildman–Crippen MR) is 98.4 cm³/mol. The second-order valence-electron chi connectivity index (χ2n) is 5.68. The van der Waals surface area contributed by atoms with E-state index in [0.29, 0.717) is 0 Å². The Kier molecular flexibility index (Phi) is 5.84. The van der Waals surface area contributed by atoms with Crippen molar-refractivity contribution in [1.29, 1.82) is 0 Å². The van der Waals surface area contributed by atoms with Crippen LogP contribution in [0.1, 0.15) is 36.1 Å². The molecule has 0 aliphatic heterocycles. The minimum atomic E-state index is -0.479. The number of rotatable bonds is 4. The third-order valence-corrected chi connectivity index (χ3v) is 3.59. The van der Waals surface area contributed by atoms with Gasteiger partial charge in [-0.1, -0.05) is 59.7 Å². The molecule has 24 heavy (non-hydrogen) atoms. The van der Waals surface area contributed by atoms with E-state index in [2.05, 4.69) is 21.1 Å². The fraction of sp³-hybridized carbons (Fsp3) is 0.211. The minimum absolute atomic E-state index is 0.479. The van der Waals surface area contributed by atoms with Crippen molar-refractivity contribution in [2.75, 3.05) is 0 Å². The number of carbonyl (C=O) groups is 1. The molecule has 2 rings (SSSR count). The Labute approximate surface area is 142 Å². The Morgan fingerprint density at radius 1 is 0.708 bits per heavy atom. The molecular weight excluding hydrogens is 300 g/mol. The number of urea groups is 1. The summed E-state index contributed by atoms with van der Waals surface area (Å²) in [5.74, 6) is 0. The molecule has 0 radical (unpaired) electrons. The minimum Gasteiger partial charge on any atom is -0.245 e. The molecular formula is C19H22N4O. The van der Waals surface area contributed by atoms with Gasteiger partial charge in [-0.2, -0.15) is 10.2 Å². The van der Waals surface area contributed by atoms with Gasteiger partial charge in [0.1, 0.15) is 0 Å². The molecule has 0 aliphatic rings. The highest BCUT2D eigenvalue weighted by Gasteiger charge is 2.01. The van der Waals surface area contributed by atoms with Gasteiger partial charge in [0.25, 0.3) is 0 Å². The highest BCUT2D eigenvalue weighted by molar-refractivity contribution is 6.00. The molecule has 0 unspecified atom stereocenters. The second-order valence-corrected chi connectivity index (χ2v) is 5.68. The van der Waals surface area contributed by atoms with Gasteiger partial charge in [-0.3, -0.25) is 0 Å². The maximum absolute atomic E-state index is 11.8. The molecule has 2 aromatic rings. The van der Waals surface area contributed by atoms with Gasteiger partial charge in [-0.25, -0.2) is 15.6 Å². The molecule has 0 bridgehead atoms. The van der Waals surface area contributed by atoms with Gasteiger partial charge in [0.15, 0.2) is 0 Å². The van der Waals surface area contributed by atoms with Crippen LogP contribution < -0.4 is 10.9 Å². The van der Waals surface area contributed by atoms with Crippen molar-refractivity contribution < 1.29 is 4.79 Å². The number of amides is 2. The van der Waals surface area contributed by atoms with Crippen LogP contribution in [0.4, 0.5) is 4.79 Å². The molecule has 0 fully saturated rings. The smallest absolute Gasteiger partial charge is 0.245 e. The summed E-state index contributed by atoms with van der Waals surface area (Å²) in [5.41, 5.74) is 10.6. The molecule has 0 atom stereocenters. The number of nitrogens with one attached hydrogen (secondary N) is 2.